The third kappa shape index (κ3) is 3.72. The van der Waals surface area contributed by atoms with E-state index < -0.39 is 0 Å². The molecule has 0 aromatic heterocycles. The standard InChI is InChI=1S/C25H37BO3/c1-6-10-20(16-21(27)17(2)13-18-11-8-7-9-12-18)26-28-23-15-19-14-22(24(19,3)4)25(23,5)29-26/h7-9,11-12,17,19-20,22-23H,6,10,13-16H2,1-5H3/t17?,19-,20+,22-,23+,25-/m0/s1. The lowest BCUT2D eigenvalue weighted by atomic mass is 9.43. The van der Waals surface area contributed by atoms with Crippen LogP contribution in [0.5, 0.6) is 0 Å². The molecule has 4 aliphatic rings. The van der Waals surface area contributed by atoms with Gasteiger partial charge in [0.15, 0.2) is 0 Å². The van der Waals surface area contributed by atoms with Crippen molar-refractivity contribution < 1.29 is 14.1 Å². The largest absolute Gasteiger partial charge is 0.461 e. The second kappa shape index (κ2) is 7.85. The van der Waals surface area contributed by atoms with Gasteiger partial charge in [-0.05, 0) is 49.0 Å². The van der Waals surface area contributed by atoms with Crippen LogP contribution in [0.25, 0.3) is 0 Å². The van der Waals surface area contributed by atoms with Gasteiger partial charge in [-0.15, -0.1) is 0 Å². The summed E-state index contributed by atoms with van der Waals surface area (Å²) in [5.41, 5.74) is 1.39. The number of hydrogen-bond donors (Lipinski definition) is 0. The molecule has 29 heavy (non-hydrogen) atoms. The van der Waals surface area contributed by atoms with E-state index in [4.69, 9.17) is 9.31 Å². The van der Waals surface area contributed by atoms with E-state index in [1.165, 1.54) is 12.0 Å². The molecule has 158 valence electrons. The lowest BCUT2D eigenvalue weighted by Crippen LogP contribution is -2.65. The highest BCUT2D eigenvalue weighted by Crippen LogP contribution is 2.66. The molecule has 3 nitrogen and oxygen atoms in total. The zero-order valence-corrected chi connectivity index (χ0v) is 18.8. The predicted molar refractivity (Wildman–Crippen MR) is 118 cm³/mol. The van der Waals surface area contributed by atoms with Crippen LogP contribution in [-0.2, 0) is 20.5 Å². The highest BCUT2D eigenvalue weighted by Gasteiger charge is 2.68. The van der Waals surface area contributed by atoms with Gasteiger partial charge in [0.2, 0.25) is 0 Å². The highest BCUT2D eigenvalue weighted by atomic mass is 16.7. The molecule has 1 heterocycles. The Kier molecular flexibility index (Phi) is 5.72. The number of ketones is 1. The summed E-state index contributed by atoms with van der Waals surface area (Å²) in [4.78, 5) is 13.0. The Morgan fingerprint density at radius 1 is 1.21 bits per heavy atom. The maximum atomic E-state index is 13.0. The van der Waals surface area contributed by atoms with Gasteiger partial charge in [-0.3, -0.25) is 4.79 Å². The first-order chi connectivity index (χ1) is 13.8. The van der Waals surface area contributed by atoms with Crippen LogP contribution in [0.1, 0.15) is 72.3 Å². The third-order valence-corrected chi connectivity index (χ3v) is 8.41. The first-order valence-corrected chi connectivity index (χ1v) is 11.7. The Morgan fingerprint density at radius 2 is 1.93 bits per heavy atom. The van der Waals surface area contributed by atoms with Crippen LogP contribution in [-0.4, -0.2) is 24.6 Å². The number of carbonyl (C=O) groups is 1. The summed E-state index contributed by atoms with van der Waals surface area (Å²) in [6.45, 7) is 11.3. The van der Waals surface area contributed by atoms with Crippen molar-refractivity contribution >= 4 is 12.9 Å². The fourth-order valence-electron chi connectivity index (χ4n) is 6.35. The zero-order chi connectivity index (χ0) is 20.8. The van der Waals surface area contributed by atoms with Crippen molar-refractivity contribution in [2.45, 2.75) is 90.7 Å². The molecular formula is C25H37BO3. The Balaban J connectivity index is 1.41. The lowest BCUT2D eigenvalue weighted by molar-refractivity contribution is -0.199. The first kappa shape index (κ1) is 21.1. The number of carbonyl (C=O) groups excluding carboxylic acids is 1. The molecular weight excluding hydrogens is 359 g/mol. The minimum atomic E-state index is -0.229. The van der Waals surface area contributed by atoms with Crippen LogP contribution in [0.15, 0.2) is 30.3 Å². The summed E-state index contributed by atoms with van der Waals surface area (Å²) in [6, 6.07) is 10.3. The van der Waals surface area contributed by atoms with E-state index >= 15 is 0 Å². The van der Waals surface area contributed by atoms with Gasteiger partial charge in [0.05, 0.1) is 11.7 Å². The monoisotopic (exact) mass is 396 g/mol. The van der Waals surface area contributed by atoms with Gasteiger partial charge >= 0.3 is 7.12 Å². The quantitative estimate of drug-likeness (QED) is 0.527. The van der Waals surface area contributed by atoms with Crippen molar-refractivity contribution in [2.24, 2.45) is 23.2 Å². The number of Topliss-reactive ketones (excluding diaryl/α,β-unsaturated/α-hetero) is 1. The zero-order valence-electron chi connectivity index (χ0n) is 18.8. The fourth-order valence-corrected chi connectivity index (χ4v) is 6.35. The fraction of sp³-hybridized carbons (Fsp3) is 0.720. The smallest absolute Gasteiger partial charge is 0.405 e. The summed E-state index contributed by atoms with van der Waals surface area (Å²) in [5, 5.41) is 0. The van der Waals surface area contributed by atoms with E-state index in [0.717, 1.165) is 31.6 Å². The highest BCUT2D eigenvalue weighted by molar-refractivity contribution is 6.47. The maximum absolute atomic E-state index is 13.0. The van der Waals surface area contributed by atoms with Crippen LogP contribution < -0.4 is 0 Å². The molecule has 5 rings (SSSR count). The molecule has 0 amide bonds. The second-order valence-corrected chi connectivity index (χ2v) is 10.6. The molecule has 2 bridgehead atoms. The van der Waals surface area contributed by atoms with Crippen molar-refractivity contribution in [3.63, 3.8) is 0 Å². The molecule has 1 saturated heterocycles. The molecule has 3 saturated carbocycles. The van der Waals surface area contributed by atoms with Crippen LogP contribution in [0, 0.1) is 23.2 Å². The first-order valence-electron chi connectivity index (χ1n) is 11.7. The van der Waals surface area contributed by atoms with E-state index in [1.54, 1.807) is 0 Å². The molecule has 4 heteroatoms. The van der Waals surface area contributed by atoms with Gasteiger partial charge in [-0.2, -0.15) is 0 Å². The molecule has 6 atom stereocenters. The number of hydrogen-bond acceptors (Lipinski definition) is 3. The Hall–Kier alpha value is -1.13. The van der Waals surface area contributed by atoms with Gasteiger partial charge in [0.25, 0.3) is 0 Å². The van der Waals surface area contributed by atoms with Crippen LogP contribution in [0.3, 0.4) is 0 Å². The molecule has 1 aliphatic heterocycles. The summed E-state index contributed by atoms with van der Waals surface area (Å²) in [5.74, 6) is 1.85. The van der Waals surface area contributed by atoms with Crippen LogP contribution in [0.4, 0.5) is 0 Å². The Bertz CT molecular complexity index is 733. The summed E-state index contributed by atoms with van der Waals surface area (Å²) in [7, 11) is -0.229. The van der Waals surface area contributed by atoms with E-state index in [-0.39, 0.29) is 30.6 Å². The van der Waals surface area contributed by atoms with Crippen molar-refractivity contribution in [3.05, 3.63) is 35.9 Å². The minimum absolute atomic E-state index is 0.0303. The van der Waals surface area contributed by atoms with Crippen LogP contribution >= 0.6 is 0 Å². The average Bonchev–Trinajstić information content (AvgIpc) is 3.05. The second-order valence-electron chi connectivity index (χ2n) is 10.6. The molecule has 0 radical (unpaired) electrons. The Labute approximate surface area is 177 Å². The molecule has 1 aromatic carbocycles. The van der Waals surface area contributed by atoms with Gasteiger partial charge in [0.1, 0.15) is 5.78 Å². The topological polar surface area (TPSA) is 35.5 Å². The number of rotatable bonds is 8. The predicted octanol–water partition coefficient (Wildman–Crippen LogP) is 5.72. The van der Waals surface area contributed by atoms with E-state index in [1.807, 2.05) is 18.2 Å². The van der Waals surface area contributed by atoms with Gasteiger partial charge in [-0.25, -0.2) is 0 Å². The summed E-state index contributed by atoms with van der Waals surface area (Å²) in [6.07, 6.45) is 5.97. The van der Waals surface area contributed by atoms with Crippen molar-refractivity contribution in [1.29, 1.82) is 0 Å². The number of benzene rings is 1. The van der Waals surface area contributed by atoms with Gasteiger partial charge in [-0.1, -0.05) is 70.9 Å². The normalized spacial score (nSPS) is 34.2. The average molecular weight is 396 g/mol. The minimum Gasteiger partial charge on any atom is -0.405 e. The molecule has 4 fully saturated rings. The van der Waals surface area contributed by atoms with Crippen molar-refractivity contribution in [3.8, 4) is 0 Å². The molecule has 1 aromatic rings. The molecule has 3 aliphatic carbocycles. The van der Waals surface area contributed by atoms with E-state index in [2.05, 4.69) is 46.8 Å². The van der Waals surface area contributed by atoms with Gasteiger partial charge < -0.3 is 9.31 Å². The molecule has 1 unspecified atom stereocenters. The maximum Gasteiger partial charge on any atom is 0.461 e. The van der Waals surface area contributed by atoms with Gasteiger partial charge in [0, 0.05) is 18.2 Å². The van der Waals surface area contributed by atoms with E-state index in [0.29, 0.717) is 23.5 Å². The molecule has 0 spiro atoms. The SMILES string of the molecule is CCC[C@H](CC(=O)C(C)Cc1ccccc1)B1O[C@@H]2C[C@@H]3C[C@@H](C3(C)C)[C@]2(C)O1. The summed E-state index contributed by atoms with van der Waals surface area (Å²) >= 11 is 0. The van der Waals surface area contributed by atoms with Crippen LogP contribution in [0.2, 0.25) is 5.82 Å². The van der Waals surface area contributed by atoms with Crippen molar-refractivity contribution in [1.82, 2.24) is 0 Å². The van der Waals surface area contributed by atoms with Crippen molar-refractivity contribution in [2.75, 3.05) is 0 Å². The summed E-state index contributed by atoms with van der Waals surface area (Å²) < 4.78 is 13.2. The third-order valence-electron chi connectivity index (χ3n) is 8.41. The Morgan fingerprint density at radius 3 is 2.59 bits per heavy atom. The lowest BCUT2D eigenvalue weighted by Gasteiger charge is -2.64. The van der Waals surface area contributed by atoms with E-state index in [9.17, 15) is 4.79 Å². The molecule has 0 N–H and O–H groups in total.